The van der Waals surface area contributed by atoms with E-state index in [2.05, 4.69) is 20.7 Å². The van der Waals surface area contributed by atoms with E-state index in [-0.39, 0.29) is 9.92 Å². The molecule has 0 spiro atoms. The number of hydrogen-bond acceptors (Lipinski definition) is 2. The van der Waals surface area contributed by atoms with Crippen LogP contribution >= 0.6 is 39.1 Å². The van der Waals surface area contributed by atoms with Crippen LogP contribution in [0.25, 0.3) is 0 Å². The van der Waals surface area contributed by atoms with E-state index in [1.54, 1.807) is 24.3 Å². The van der Waals surface area contributed by atoms with Gasteiger partial charge >= 0.3 is 0 Å². The highest BCUT2D eigenvalue weighted by molar-refractivity contribution is 9.10. The smallest absolute Gasteiger partial charge is 0.263 e. The highest BCUT2D eigenvalue weighted by Crippen LogP contribution is 2.29. The first-order valence-corrected chi connectivity index (χ1v) is 8.57. The Bertz CT molecular complexity index is 763. The molecule has 2 aromatic carbocycles. The standard InChI is InChI=1S/C13H10BrCl2NO2S/c1-8-2-4-10(15)12(6-8)17-20(18,19)13-5-3-9(14)7-11(13)16/h2-7,17H,1H3. The third kappa shape index (κ3) is 3.47. The van der Waals surface area contributed by atoms with Gasteiger partial charge in [0.15, 0.2) is 0 Å². The molecule has 0 unspecified atom stereocenters. The fourth-order valence-corrected chi connectivity index (χ4v) is 3.94. The fourth-order valence-electron chi connectivity index (χ4n) is 1.61. The lowest BCUT2D eigenvalue weighted by atomic mass is 10.2. The van der Waals surface area contributed by atoms with Crippen LogP contribution in [0.15, 0.2) is 45.8 Å². The second kappa shape index (κ2) is 5.93. The highest BCUT2D eigenvalue weighted by Gasteiger charge is 2.19. The Balaban J connectivity index is 2.43. The van der Waals surface area contributed by atoms with Gasteiger partial charge in [-0.3, -0.25) is 4.72 Å². The Hall–Kier alpha value is -0.750. The van der Waals surface area contributed by atoms with Gasteiger partial charge in [-0.1, -0.05) is 45.2 Å². The zero-order valence-electron chi connectivity index (χ0n) is 10.3. The van der Waals surface area contributed by atoms with Crippen molar-refractivity contribution in [3.63, 3.8) is 0 Å². The molecular weight excluding hydrogens is 385 g/mol. The Morgan fingerprint density at radius 2 is 1.75 bits per heavy atom. The first-order valence-electron chi connectivity index (χ1n) is 5.53. The minimum atomic E-state index is -3.79. The molecule has 0 amide bonds. The second-order valence-electron chi connectivity index (χ2n) is 4.16. The first-order chi connectivity index (χ1) is 9.29. The van der Waals surface area contributed by atoms with Crippen LogP contribution in [0.2, 0.25) is 10.0 Å². The van der Waals surface area contributed by atoms with E-state index in [1.807, 2.05) is 6.92 Å². The monoisotopic (exact) mass is 393 g/mol. The van der Waals surface area contributed by atoms with Crippen LogP contribution in [0.4, 0.5) is 5.69 Å². The summed E-state index contributed by atoms with van der Waals surface area (Å²) in [5.74, 6) is 0. The van der Waals surface area contributed by atoms with Crippen LogP contribution in [0.5, 0.6) is 0 Å². The number of halogens is 3. The van der Waals surface area contributed by atoms with E-state index in [4.69, 9.17) is 23.2 Å². The largest absolute Gasteiger partial charge is 0.278 e. The molecular formula is C13H10BrCl2NO2S. The van der Waals surface area contributed by atoms with Crippen LogP contribution in [0.1, 0.15) is 5.56 Å². The number of nitrogens with one attached hydrogen (secondary N) is 1. The molecule has 20 heavy (non-hydrogen) atoms. The summed E-state index contributed by atoms with van der Waals surface area (Å²) in [6, 6.07) is 9.65. The molecule has 0 saturated heterocycles. The summed E-state index contributed by atoms with van der Waals surface area (Å²) in [5.41, 5.74) is 1.22. The molecule has 2 aromatic rings. The average Bonchev–Trinajstić information content (AvgIpc) is 2.33. The molecule has 2 rings (SSSR count). The van der Waals surface area contributed by atoms with Gasteiger partial charge < -0.3 is 0 Å². The van der Waals surface area contributed by atoms with Gasteiger partial charge in [0.05, 0.1) is 15.7 Å². The molecule has 0 radical (unpaired) electrons. The normalized spacial score (nSPS) is 11.4. The number of aryl methyl sites for hydroxylation is 1. The molecule has 0 bridgehead atoms. The molecule has 0 saturated carbocycles. The van der Waals surface area contributed by atoms with Crippen molar-refractivity contribution >= 4 is 54.8 Å². The van der Waals surface area contributed by atoms with Crippen molar-refractivity contribution in [3.8, 4) is 0 Å². The molecule has 0 aliphatic rings. The van der Waals surface area contributed by atoms with Crippen molar-refractivity contribution in [3.05, 3.63) is 56.5 Å². The average molecular weight is 395 g/mol. The van der Waals surface area contributed by atoms with E-state index >= 15 is 0 Å². The van der Waals surface area contributed by atoms with E-state index in [0.29, 0.717) is 15.2 Å². The molecule has 0 aliphatic heterocycles. The van der Waals surface area contributed by atoms with E-state index in [9.17, 15) is 8.42 Å². The third-order valence-corrected chi connectivity index (χ3v) is 5.22. The summed E-state index contributed by atoms with van der Waals surface area (Å²) < 4.78 is 27.8. The minimum Gasteiger partial charge on any atom is -0.278 e. The number of rotatable bonds is 3. The molecule has 0 heterocycles. The molecule has 0 aliphatic carbocycles. The summed E-state index contributed by atoms with van der Waals surface area (Å²) in [6.07, 6.45) is 0. The minimum absolute atomic E-state index is 0.0000561. The Morgan fingerprint density at radius 1 is 1.05 bits per heavy atom. The fraction of sp³-hybridized carbons (Fsp3) is 0.0769. The summed E-state index contributed by atoms with van der Waals surface area (Å²) in [7, 11) is -3.79. The van der Waals surface area contributed by atoms with Crippen LogP contribution < -0.4 is 4.72 Å². The maximum Gasteiger partial charge on any atom is 0.263 e. The van der Waals surface area contributed by atoms with Gasteiger partial charge in [0.2, 0.25) is 0 Å². The van der Waals surface area contributed by atoms with Crippen LogP contribution in [0, 0.1) is 6.92 Å². The molecule has 3 nitrogen and oxygen atoms in total. The number of anilines is 1. The SMILES string of the molecule is Cc1ccc(Cl)c(NS(=O)(=O)c2ccc(Br)cc2Cl)c1. The Morgan fingerprint density at radius 3 is 2.40 bits per heavy atom. The van der Waals surface area contributed by atoms with Gasteiger partial charge in [0, 0.05) is 4.47 Å². The maximum absolute atomic E-state index is 12.3. The van der Waals surface area contributed by atoms with E-state index in [0.717, 1.165) is 5.56 Å². The van der Waals surface area contributed by atoms with Gasteiger partial charge in [-0.2, -0.15) is 0 Å². The lowest BCUT2D eigenvalue weighted by Crippen LogP contribution is -2.13. The molecule has 106 valence electrons. The molecule has 1 N–H and O–H groups in total. The van der Waals surface area contributed by atoms with Crippen molar-refractivity contribution in [2.24, 2.45) is 0 Å². The topological polar surface area (TPSA) is 46.2 Å². The number of sulfonamides is 1. The van der Waals surface area contributed by atoms with Gasteiger partial charge in [-0.15, -0.1) is 0 Å². The lowest BCUT2D eigenvalue weighted by Gasteiger charge is -2.11. The van der Waals surface area contributed by atoms with Crippen molar-refractivity contribution in [2.75, 3.05) is 4.72 Å². The summed E-state index contributed by atoms with van der Waals surface area (Å²) in [4.78, 5) is -0.0000561. The lowest BCUT2D eigenvalue weighted by molar-refractivity contribution is 0.601. The number of hydrogen-bond donors (Lipinski definition) is 1. The molecule has 7 heteroatoms. The third-order valence-electron chi connectivity index (χ3n) is 2.55. The summed E-state index contributed by atoms with van der Waals surface area (Å²) in [6.45, 7) is 1.85. The summed E-state index contributed by atoms with van der Waals surface area (Å²) >= 11 is 15.2. The van der Waals surface area contributed by atoms with E-state index < -0.39 is 10.0 Å². The van der Waals surface area contributed by atoms with Crippen LogP contribution in [-0.4, -0.2) is 8.42 Å². The molecule has 0 fully saturated rings. The first kappa shape index (κ1) is 15.6. The van der Waals surface area contributed by atoms with E-state index in [1.165, 1.54) is 12.1 Å². The van der Waals surface area contributed by atoms with Crippen LogP contribution in [-0.2, 0) is 10.0 Å². The Labute approximate surface area is 136 Å². The van der Waals surface area contributed by atoms with Crippen molar-refractivity contribution in [1.29, 1.82) is 0 Å². The van der Waals surface area contributed by atoms with Gasteiger partial charge in [-0.25, -0.2) is 8.42 Å². The van der Waals surface area contributed by atoms with Crippen molar-refractivity contribution in [2.45, 2.75) is 11.8 Å². The predicted octanol–water partition coefficient (Wildman–Crippen LogP) is 4.87. The maximum atomic E-state index is 12.3. The summed E-state index contributed by atoms with van der Waals surface area (Å²) in [5, 5.41) is 0.461. The van der Waals surface area contributed by atoms with Gasteiger partial charge in [-0.05, 0) is 42.8 Å². The Kier molecular flexibility index (Phi) is 4.64. The van der Waals surface area contributed by atoms with Crippen molar-refractivity contribution in [1.82, 2.24) is 0 Å². The number of benzene rings is 2. The molecule has 0 aromatic heterocycles. The zero-order valence-corrected chi connectivity index (χ0v) is 14.2. The zero-order chi connectivity index (χ0) is 14.9. The second-order valence-corrected chi connectivity index (χ2v) is 7.54. The highest BCUT2D eigenvalue weighted by atomic mass is 79.9. The van der Waals surface area contributed by atoms with Crippen LogP contribution in [0.3, 0.4) is 0 Å². The quantitative estimate of drug-likeness (QED) is 0.807. The predicted molar refractivity (Wildman–Crippen MR) is 86.1 cm³/mol. The van der Waals surface area contributed by atoms with Gasteiger partial charge in [0.25, 0.3) is 10.0 Å². The van der Waals surface area contributed by atoms with Gasteiger partial charge in [0.1, 0.15) is 4.90 Å². The molecule has 0 atom stereocenters. The van der Waals surface area contributed by atoms with Crippen molar-refractivity contribution < 1.29 is 8.42 Å².